The Morgan fingerprint density at radius 1 is 0.824 bits per heavy atom. The van der Waals surface area contributed by atoms with Gasteiger partial charge in [-0.25, -0.2) is 0 Å². The quantitative estimate of drug-likeness (QED) is 0.464. The van der Waals surface area contributed by atoms with E-state index in [-0.39, 0.29) is 5.91 Å². The number of carbonyl (C=O) groups excluding carboxylic acids is 1. The van der Waals surface area contributed by atoms with E-state index in [1.807, 2.05) is 48.5 Å². The maximum Gasteiger partial charge on any atom is 0.313 e. The van der Waals surface area contributed by atoms with E-state index in [2.05, 4.69) is 0 Å². The van der Waals surface area contributed by atoms with Crippen LogP contribution in [0.2, 0.25) is 0 Å². The predicted molar refractivity (Wildman–Crippen MR) is 128 cm³/mol. The van der Waals surface area contributed by atoms with E-state index in [9.17, 15) is 14.7 Å². The number of hydrogen-bond acceptors (Lipinski definition) is 4. The lowest BCUT2D eigenvalue weighted by molar-refractivity contribution is -0.139. The van der Waals surface area contributed by atoms with Gasteiger partial charge in [0.05, 0.1) is 6.04 Å². The van der Waals surface area contributed by atoms with Crippen molar-refractivity contribution in [3.63, 3.8) is 0 Å². The first-order chi connectivity index (χ1) is 16.6. The summed E-state index contributed by atoms with van der Waals surface area (Å²) in [5.41, 5.74) is 2.23. The zero-order valence-electron chi connectivity index (χ0n) is 18.2. The van der Waals surface area contributed by atoms with Gasteiger partial charge in [-0.05, 0) is 52.2 Å². The normalized spacial score (nSPS) is 19.1. The number of benzene rings is 4. The van der Waals surface area contributed by atoms with E-state index in [0.717, 1.165) is 10.8 Å². The van der Waals surface area contributed by atoms with Crippen molar-refractivity contribution >= 4 is 28.3 Å². The number of rotatable bonds is 3. The smallest absolute Gasteiger partial charge is 0.313 e. The minimum atomic E-state index is -0.995. The number of ether oxygens (including phenoxy) is 2. The minimum absolute atomic E-state index is 0.233. The van der Waals surface area contributed by atoms with Crippen LogP contribution >= 0.6 is 0 Å². The molecule has 2 aliphatic rings. The Kier molecular flexibility index (Phi) is 4.73. The molecule has 2 atom stereocenters. The molecule has 34 heavy (non-hydrogen) atoms. The molecule has 0 bridgehead atoms. The molecule has 2 aliphatic heterocycles. The number of hydrogen-bond donors (Lipinski definition) is 1. The van der Waals surface area contributed by atoms with Crippen molar-refractivity contribution in [3.05, 3.63) is 102 Å². The number of aliphatic carboxylic acids is 1. The highest BCUT2D eigenvalue weighted by molar-refractivity contribution is 6.11. The molecular weight excluding hydrogens is 430 g/mol. The van der Waals surface area contributed by atoms with Crippen LogP contribution in [0.1, 0.15) is 33.4 Å². The van der Waals surface area contributed by atoms with Gasteiger partial charge in [-0.1, -0.05) is 54.6 Å². The van der Waals surface area contributed by atoms with Crippen LogP contribution in [0, 0.1) is 0 Å². The molecule has 4 aromatic rings. The molecule has 0 unspecified atom stereocenters. The van der Waals surface area contributed by atoms with Gasteiger partial charge in [0.15, 0.2) is 11.5 Å². The van der Waals surface area contributed by atoms with Gasteiger partial charge in [-0.2, -0.15) is 0 Å². The molecule has 0 fully saturated rings. The fourth-order valence-corrected chi connectivity index (χ4v) is 5.00. The second-order valence-corrected chi connectivity index (χ2v) is 8.46. The fraction of sp³-hybridized carbons (Fsp3) is 0.143. The molecule has 1 N–H and O–H groups in total. The molecule has 4 aromatic carbocycles. The molecule has 2 heterocycles. The molecule has 6 heteroatoms. The van der Waals surface area contributed by atoms with Gasteiger partial charge < -0.3 is 14.6 Å². The van der Waals surface area contributed by atoms with Gasteiger partial charge in [-0.3, -0.25) is 14.5 Å². The van der Waals surface area contributed by atoms with Gasteiger partial charge in [-0.15, -0.1) is 0 Å². The van der Waals surface area contributed by atoms with Crippen molar-refractivity contribution < 1.29 is 24.2 Å². The zero-order valence-corrected chi connectivity index (χ0v) is 18.2. The van der Waals surface area contributed by atoms with Crippen LogP contribution in [0.25, 0.3) is 10.8 Å². The number of nitrogens with zero attached hydrogens (tertiary/aromatic N) is 1. The minimum Gasteiger partial charge on any atom is -0.486 e. The maximum atomic E-state index is 13.9. The summed E-state index contributed by atoms with van der Waals surface area (Å²) in [6, 6.07) is 25.2. The molecule has 0 radical (unpaired) electrons. The van der Waals surface area contributed by atoms with Crippen LogP contribution in [0.3, 0.4) is 0 Å². The van der Waals surface area contributed by atoms with Crippen LogP contribution in [0.5, 0.6) is 11.5 Å². The second-order valence-electron chi connectivity index (χ2n) is 8.46. The Hall–Kier alpha value is -4.32. The average molecular weight is 451 g/mol. The molecule has 0 saturated heterocycles. The van der Waals surface area contributed by atoms with Gasteiger partial charge >= 0.3 is 5.97 Å². The van der Waals surface area contributed by atoms with Crippen molar-refractivity contribution in [1.29, 1.82) is 0 Å². The number of anilines is 1. The first-order valence-corrected chi connectivity index (χ1v) is 11.2. The number of fused-ring (bicyclic) bond motifs is 3. The van der Waals surface area contributed by atoms with E-state index in [0.29, 0.717) is 47.1 Å². The van der Waals surface area contributed by atoms with Crippen molar-refractivity contribution in [3.8, 4) is 11.5 Å². The maximum absolute atomic E-state index is 13.9. The Balaban J connectivity index is 1.59. The van der Waals surface area contributed by atoms with Crippen molar-refractivity contribution in [1.82, 2.24) is 0 Å². The second kappa shape index (κ2) is 7.92. The standard InChI is InChI=1S/C28H21NO5/c30-27-22-8-4-3-7-21(22)25(28(31)32)26(19-10-12-23-24(16-19)34-14-13-33-23)29(27)20-11-9-17-5-1-2-6-18(17)15-20/h1-12,15-16,25-26H,13-14H2,(H,31,32)/t25-,26+/m0/s1. The van der Waals surface area contributed by atoms with E-state index in [1.54, 1.807) is 41.3 Å². The SMILES string of the molecule is O=C(O)[C@H]1c2ccccc2C(=O)N(c2ccc3ccccc3c2)[C@@H]1c1ccc2c(c1)OCCO2. The largest absolute Gasteiger partial charge is 0.486 e. The van der Waals surface area contributed by atoms with Crippen LogP contribution in [-0.4, -0.2) is 30.2 Å². The van der Waals surface area contributed by atoms with E-state index >= 15 is 0 Å². The van der Waals surface area contributed by atoms with Crippen LogP contribution in [-0.2, 0) is 4.79 Å². The Labute approximate surface area is 196 Å². The third-order valence-electron chi connectivity index (χ3n) is 6.52. The summed E-state index contributed by atoms with van der Waals surface area (Å²) >= 11 is 0. The fourth-order valence-electron chi connectivity index (χ4n) is 5.00. The molecule has 0 spiro atoms. The lowest BCUT2D eigenvalue weighted by Crippen LogP contribution is -2.45. The van der Waals surface area contributed by atoms with Gasteiger partial charge in [0.1, 0.15) is 19.1 Å². The number of amides is 1. The highest BCUT2D eigenvalue weighted by Gasteiger charge is 2.45. The lowest BCUT2D eigenvalue weighted by atomic mass is 9.79. The Bertz CT molecular complexity index is 1450. The number of carboxylic acid groups (broad SMARTS) is 1. The van der Waals surface area contributed by atoms with Crippen LogP contribution in [0.4, 0.5) is 5.69 Å². The molecular formula is C28H21NO5. The third kappa shape index (κ3) is 3.18. The predicted octanol–water partition coefficient (Wildman–Crippen LogP) is 5.18. The first kappa shape index (κ1) is 20.3. The van der Waals surface area contributed by atoms with Crippen LogP contribution in [0.15, 0.2) is 84.9 Å². The molecule has 6 rings (SSSR count). The molecule has 0 aliphatic carbocycles. The molecule has 0 aromatic heterocycles. The van der Waals surface area contributed by atoms with Gasteiger partial charge in [0, 0.05) is 11.3 Å². The Morgan fingerprint density at radius 3 is 2.38 bits per heavy atom. The first-order valence-electron chi connectivity index (χ1n) is 11.2. The lowest BCUT2D eigenvalue weighted by Gasteiger charge is -2.41. The van der Waals surface area contributed by atoms with Crippen molar-refractivity contribution in [2.75, 3.05) is 18.1 Å². The average Bonchev–Trinajstić information content (AvgIpc) is 2.88. The van der Waals surface area contributed by atoms with Gasteiger partial charge in [0.2, 0.25) is 0 Å². The summed E-state index contributed by atoms with van der Waals surface area (Å²) in [5.74, 6) is -1.02. The molecule has 6 nitrogen and oxygen atoms in total. The van der Waals surface area contributed by atoms with E-state index in [1.165, 1.54) is 0 Å². The van der Waals surface area contributed by atoms with Crippen LogP contribution < -0.4 is 14.4 Å². The zero-order chi connectivity index (χ0) is 23.2. The summed E-state index contributed by atoms with van der Waals surface area (Å²) in [7, 11) is 0. The highest BCUT2D eigenvalue weighted by Crippen LogP contribution is 2.47. The van der Waals surface area contributed by atoms with Crippen molar-refractivity contribution in [2.24, 2.45) is 0 Å². The highest BCUT2D eigenvalue weighted by atomic mass is 16.6. The number of carboxylic acids is 1. The summed E-state index contributed by atoms with van der Waals surface area (Å²) in [5, 5.41) is 12.4. The van der Waals surface area contributed by atoms with E-state index < -0.39 is 17.9 Å². The summed E-state index contributed by atoms with van der Waals surface area (Å²) in [4.78, 5) is 28.2. The molecule has 0 saturated carbocycles. The topological polar surface area (TPSA) is 76.1 Å². The Morgan fingerprint density at radius 2 is 1.56 bits per heavy atom. The third-order valence-corrected chi connectivity index (χ3v) is 6.52. The summed E-state index contributed by atoms with van der Waals surface area (Å²) in [6.07, 6.45) is 0. The van der Waals surface area contributed by atoms with Gasteiger partial charge in [0.25, 0.3) is 5.91 Å². The summed E-state index contributed by atoms with van der Waals surface area (Å²) in [6.45, 7) is 0.877. The number of carbonyl (C=O) groups is 2. The summed E-state index contributed by atoms with van der Waals surface area (Å²) < 4.78 is 11.4. The monoisotopic (exact) mass is 451 g/mol. The molecule has 168 valence electrons. The van der Waals surface area contributed by atoms with Crippen molar-refractivity contribution in [2.45, 2.75) is 12.0 Å². The van der Waals surface area contributed by atoms with E-state index in [4.69, 9.17) is 9.47 Å². The molecule has 1 amide bonds.